The molecule has 7 heteroatoms. The molecule has 0 bridgehead atoms. The Morgan fingerprint density at radius 1 is 0.844 bits per heavy atom. The van der Waals surface area contributed by atoms with Gasteiger partial charge >= 0.3 is 0 Å². The normalized spacial score (nSPS) is 13.8. The predicted octanol–water partition coefficient (Wildman–Crippen LogP) is 3.97. The lowest BCUT2D eigenvalue weighted by Gasteiger charge is -2.25. The lowest BCUT2D eigenvalue weighted by Crippen LogP contribution is -2.35. The molecule has 0 atom stereocenters. The zero-order valence-corrected chi connectivity index (χ0v) is 18.5. The Morgan fingerprint density at radius 3 is 2.03 bits per heavy atom. The van der Waals surface area contributed by atoms with Gasteiger partial charge in [-0.05, 0) is 66.4 Å². The number of pyridine rings is 2. The number of imide groups is 1. The van der Waals surface area contributed by atoms with Crippen LogP contribution in [0.15, 0.2) is 79.0 Å². The molecule has 1 aliphatic rings. The SMILES string of the molecule is CCN(CCc1ccncc1)C1=C(c2ccc(Cl)cc2)C(=O)N(Cc2ccncc2)C1=O. The van der Waals surface area contributed by atoms with Crippen molar-refractivity contribution in [1.82, 2.24) is 19.8 Å². The van der Waals surface area contributed by atoms with Gasteiger partial charge in [0.2, 0.25) is 0 Å². The van der Waals surface area contributed by atoms with Gasteiger partial charge in [-0.25, -0.2) is 0 Å². The van der Waals surface area contributed by atoms with Gasteiger partial charge in [-0.3, -0.25) is 24.5 Å². The van der Waals surface area contributed by atoms with Crippen molar-refractivity contribution in [2.24, 2.45) is 0 Å². The first-order valence-electron chi connectivity index (χ1n) is 10.5. The third-order valence-corrected chi connectivity index (χ3v) is 5.74. The molecular weight excluding hydrogens is 424 g/mol. The van der Waals surface area contributed by atoms with Crippen LogP contribution in [-0.2, 0) is 22.6 Å². The lowest BCUT2D eigenvalue weighted by atomic mass is 10.0. The van der Waals surface area contributed by atoms with Gasteiger partial charge in [-0.1, -0.05) is 23.7 Å². The van der Waals surface area contributed by atoms with E-state index >= 15 is 0 Å². The summed E-state index contributed by atoms with van der Waals surface area (Å²) in [5, 5.41) is 0.575. The minimum Gasteiger partial charge on any atom is -0.366 e. The minimum atomic E-state index is -0.300. The van der Waals surface area contributed by atoms with E-state index in [4.69, 9.17) is 11.6 Å². The number of hydrogen-bond donors (Lipinski definition) is 0. The van der Waals surface area contributed by atoms with Crippen LogP contribution in [0.25, 0.3) is 5.57 Å². The first-order valence-corrected chi connectivity index (χ1v) is 10.9. The summed E-state index contributed by atoms with van der Waals surface area (Å²) in [5.41, 5.74) is 3.50. The van der Waals surface area contributed by atoms with E-state index in [0.29, 0.717) is 34.9 Å². The molecule has 3 aromatic rings. The van der Waals surface area contributed by atoms with E-state index in [0.717, 1.165) is 17.5 Å². The fourth-order valence-electron chi connectivity index (χ4n) is 3.79. The Bertz CT molecular complexity index is 1130. The van der Waals surface area contributed by atoms with Crippen molar-refractivity contribution >= 4 is 29.0 Å². The molecule has 1 aromatic carbocycles. The fourth-order valence-corrected chi connectivity index (χ4v) is 3.92. The second-order valence-electron chi connectivity index (χ2n) is 7.47. The monoisotopic (exact) mass is 446 g/mol. The number of nitrogens with zero attached hydrogens (tertiary/aromatic N) is 4. The average molecular weight is 447 g/mol. The van der Waals surface area contributed by atoms with Crippen LogP contribution in [-0.4, -0.2) is 44.7 Å². The zero-order valence-electron chi connectivity index (χ0n) is 17.7. The maximum absolute atomic E-state index is 13.5. The van der Waals surface area contributed by atoms with Crippen LogP contribution in [0, 0.1) is 0 Å². The molecule has 0 aliphatic carbocycles. The number of hydrogen-bond acceptors (Lipinski definition) is 5. The van der Waals surface area contributed by atoms with Crippen molar-refractivity contribution in [1.29, 1.82) is 0 Å². The van der Waals surface area contributed by atoms with Crippen molar-refractivity contribution in [3.63, 3.8) is 0 Å². The Kier molecular flexibility index (Phi) is 6.61. The highest BCUT2D eigenvalue weighted by atomic mass is 35.5. The molecule has 32 heavy (non-hydrogen) atoms. The second kappa shape index (κ2) is 9.75. The van der Waals surface area contributed by atoms with Gasteiger partial charge in [0.15, 0.2) is 0 Å². The van der Waals surface area contributed by atoms with Crippen molar-refractivity contribution in [3.8, 4) is 0 Å². The zero-order chi connectivity index (χ0) is 22.5. The maximum atomic E-state index is 13.5. The van der Waals surface area contributed by atoms with Crippen molar-refractivity contribution in [3.05, 3.63) is 101 Å². The Hall–Kier alpha value is -3.51. The van der Waals surface area contributed by atoms with Crippen LogP contribution in [0.2, 0.25) is 5.02 Å². The molecule has 0 saturated heterocycles. The van der Waals surface area contributed by atoms with E-state index in [-0.39, 0.29) is 18.4 Å². The predicted molar refractivity (Wildman–Crippen MR) is 123 cm³/mol. The molecule has 2 aromatic heterocycles. The first-order chi connectivity index (χ1) is 15.6. The number of benzene rings is 1. The lowest BCUT2D eigenvalue weighted by molar-refractivity contribution is -0.138. The number of carbonyl (C=O) groups is 2. The number of carbonyl (C=O) groups excluding carboxylic acids is 2. The van der Waals surface area contributed by atoms with Gasteiger partial charge in [0.25, 0.3) is 11.8 Å². The molecular formula is C25H23ClN4O2. The fraction of sp³-hybridized carbons (Fsp3) is 0.200. The van der Waals surface area contributed by atoms with Gasteiger partial charge < -0.3 is 4.90 Å². The third-order valence-electron chi connectivity index (χ3n) is 5.48. The maximum Gasteiger partial charge on any atom is 0.278 e. The number of halogens is 1. The van der Waals surface area contributed by atoms with Crippen molar-refractivity contribution in [2.45, 2.75) is 19.9 Å². The van der Waals surface area contributed by atoms with E-state index in [9.17, 15) is 9.59 Å². The number of aromatic nitrogens is 2. The van der Waals surface area contributed by atoms with Gasteiger partial charge in [0.05, 0.1) is 12.1 Å². The molecule has 1 aliphatic heterocycles. The molecule has 0 radical (unpaired) electrons. The Labute approximate surface area is 192 Å². The molecule has 0 spiro atoms. The molecule has 0 saturated carbocycles. The average Bonchev–Trinajstić information content (AvgIpc) is 3.06. The highest BCUT2D eigenvalue weighted by Crippen LogP contribution is 2.33. The molecule has 2 amide bonds. The van der Waals surface area contributed by atoms with Gasteiger partial charge in [0.1, 0.15) is 5.70 Å². The van der Waals surface area contributed by atoms with Crippen LogP contribution in [0.3, 0.4) is 0 Å². The van der Waals surface area contributed by atoms with E-state index in [1.54, 1.807) is 49.1 Å². The van der Waals surface area contributed by atoms with Crippen LogP contribution in [0.1, 0.15) is 23.6 Å². The summed E-state index contributed by atoms with van der Waals surface area (Å²) in [7, 11) is 0. The number of likely N-dealkylation sites (N-methyl/N-ethyl adjacent to an activating group) is 1. The number of amides is 2. The smallest absolute Gasteiger partial charge is 0.278 e. The molecule has 4 rings (SSSR count). The highest BCUT2D eigenvalue weighted by molar-refractivity contribution is 6.35. The van der Waals surface area contributed by atoms with Crippen LogP contribution < -0.4 is 0 Å². The quantitative estimate of drug-likeness (QED) is 0.490. The highest BCUT2D eigenvalue weighted by Gasteiger charge is 2.41. The minimum absolute atomic E-state index is 0.197. The summed E-state index contributed by atoms with van der Waals surface area (Å²) in [6, 6.07) is 14.6. The van der Waals surface area contributed by atoms with E-state index < -0.39 is 0 Å². The standard InChI is InChI=1S/C25H23ClN4O2/c1-2-29(16-11-18-7-12-27-13-8-18)23-22(20-3-5-21(26)6-4-20)24(31)30(25(23)32)17-19-9-14-28-15-10-19/h3-10,12-15H,2,11,16-17H2,1H3. The summed E-state index contributed by atoms with van der Waals surface area (Å²) in [6.45, 7) is 3.39. The van der Waals surface area contributed by atoms with Gasteiger partial charge in [0, 0.05) is 42.9 Å². The van der Waals surface area contributed by atoms with Crippen molar-refractivity contribution < 1.29 is 9.59 Å². The molecule has 6 nitrogen and oxygen atoms in total. The van der Waals surface area contributed by atoms with Crippen LogP contribution in [0.4, 0.5) is 0 Å². The van der Waals surface area contributed by atoms with Gasteiger partial charge in [-0.15, -0.1) is 0 Å². The largest absolute Gasteiger partial charge is 0.366 e. The second-order valence-corrected chi connectivity index (χ2v) is 7.90. The first kappa shape index (κ1) is 21.7. The Balaban J connectivity index is 1.69. The summed E-state index contributed by atoms with van der Waals surface area (Å²) in [5.74, 6) is -0.583. The van der Waals surface area contributed by atoms with Gasteiger partial charge in [-0.2, -0.15) is 0 Å². The summed E-state index contributed by atoms with van der Waals surface area (Å²) >= 11 is 6.06. The topological polar surface area (TPSA) is 66.4 Å². The molecule has 162 valence electrons. The van der Waals surface area contributed by atoms with Crippen LogP contribution in [0.5, 0.6) is 0 Å². The molecule has 0 fully saturated rings. The van der Waals surface area contributed by atoms with Crippen molar-refractivity contribution in [2.75, 3.05) is 13.1 Å². The number of rotatable bonds is 8. The third kappa shape index (κ3) is 4.55. The summed E-state index contributed by atoms with van der Waals surface area (Å²) in [6.07, 6.45) is 7.55. The molecule has 0 N–H and O–H groups in total. The van der Waals surface area contributed by atoms with E-state index in [1.807, 2.05) is 36.1 Å². The summed E-state index contributed by atoms with van der Waals surface area (Å²) < 4.78 is 0. The molecule has 0 unspecified atom stereocenters. The molecule has 3 heterocycles. The van der Waals surface area contributed by atoms with Crippen LogP contribution >= 0.6 is 11.6 Å². The van der Waals surface area contributed by atoms with E-state index in [2.05, 4.69) is 9.97 Å². The Morgan fingerprint density at radius 2 is 1.44 bits per heavy atom. The summed E-state index contributed by atoms with van der Waals surface area (Å²) in [4.78, 5) is 38.4. The van der Waals surface area contributed by atoms with E-state index in [1.165, 1.54) is 4.90 Å².